The molecule has 2 N–H and O–H groups in total. The summed E-state index contributed by atoms with van der Waals surface area (Å²) in [6, 6.07) is 9.84. The molecule has 1 aliphatic carbocycles. The second-order valence-corrected chi connectivity index (χ2v) is 9.37. The third-order valence-electron chi connectivity index (χ3n) is 5.02. The second kappa shape index (κ2) is 8.49. The van der Waals surface area contributed by atoms with Crippen LogP contribution in [0.2, 0.25) is 0 Å². The van der Waals surface area contributed by atoms with E-state index in [1.54, 1.807) is 11.3 Å². The van der Waals surface area contributed by atoms with Gasteiger partial charge in [-0.2, -0.15) is 0 Å². The summed E-state index contributed by atoms with van der Waals surface area (Å²) in [5, 5.41) is 3.69. The number of thiophene rings is 1. The molecule has 3 aromatic rings. The molecule has 1 aliphatic rings. The highest BCUT2D eigenvalue weighted by Crippen LogP contribution is 2.35. The van der Waals surface area contributed by atoms with Crippen molar-refractivity contribution in [3.05, 3.63) is 62.5 Å². The lowest BCUT2D eigenvalue weighted by Gasteiger charge is -2.17. The highest BCUT2D eigenvalue weighted by Gasteiger charge is 2.23. The molecule has 0 saturated heterocycles. The molecule has 1 atom stereocenters. The third kappa shape index (κ3) is 4.31. The molecule has 0 radical (unpaired) electrons. The molecule has 0 saturated carbocycles. The molecule has 28 heavy (non-hydrogen) atoms. The molecule has 2 heterocycles. The fourth-order valence-electron chi connectivity index (χ4n) is 3.55. The standard InChI is InChI=1S/C21H23N3O2S2/c1-13-7-8-15-16(9-13)28-21-19(15)20(26)23-17(24-21)11-27-12-18(25)22-10-14-5-3-2-4-6-14/h2-6,13H,7-12H2,1H3,(H,22,25)(H,23,24,26)/t13-/m1/s1. The van der Waals surface area contributed by atoms with Crippen molar-refractivity contribution in [2.75, 3.05) is 5.75 Å². The van der Waals surface area contributed by atoms with E-state index in [9.17, 15) is 9.59 Å². The van der Waals surface area contributed by atoms with E-state index in [0.29, 0.717) is 29.8 Å². The van der Waals surface area contributed by atoms with Crippen LogP contribution in [-0.4, -0.2) is 21.6 Å². The van der Waals surface area contributed by atoms with Crippen LogP contribution in [0.15, 0.2) is 35.1 Å². The molecule has 0 unspecified atom stereocenters. The Morgan fingerprint density at radius 1 is 1.36 bits per heavy atom. The summed E-state index contributed by atoms with van der Waals surface area (Å²) < 4.78 is 0. The van der Waals surface area contributed by atoms with Crippen LogP contribution in [0.25, 0.3) is 10.2 Å². The molecular formula is C21H23N3O2S2. The van der Waals surface area contributed by atoms with Gasteiger partial charge in [0.1, 0.15) is 10.7 Å². The zero-order valence-corrected chi connectivity index (χ0v) is 17.4. The van der Waals surface area contributed by atoms with Gasteiger partial charge < -0.3 is 10.3 Å². The largest absolute Gasteiger partial charge is 0.351 e. The predicted octanol–water partition coefficient (Wildman–Crippen LogP) is 3.66. The summed E-state index contributed by atoms with van der Waals surface area (Å²) in [6.07, 6.45) is 3.15. The van der Waals surface area contributed by atoms with Crippen molar-refractivity contribution in [2.24, 2.45) is 5.92 Å². The number of thioether (sulfide) groups is 1. The van der Waals surface area contributed by atoms with E-state index in [4.69, 9.17) is 0 Å². The van der Waals surface area contributed by atoms with Gasteiger partial charge in [0.15, 0.2) is 0 Å². The van der Waals surface area contributed by atoms with Crippen LogP contribution in [0.5, 0.6) is 0 Å². The molecule has 0 aliphatic heterocycles. The average molecular weight is 414 g/mol. The number of benzene rings is 1. The van der Waals surface area contributed by atoms with E-state index in [-0.39, 0.29) is 11.5 Å². The van der Waals surface area contributed by atoms with E-state index in [1.807, 2.05) is 30.3 Å². The van der Waals surface area contributed by atoms with E-state index < -0.39 is 0 Å². The molecule has 1 amide bonds. The average Bonchev–Trinajstić information content (AvgIpc) is 3.05. The minimum Gasteiger partial charge on any atom is -0.351 e. The Labute approximate surface area is 172 Å². The van der Waals surface area contributed by atoms with Gasteiger partial charge >= 0.3 is 0 Å². The number of nitrogens with zero attached hydrogens (tertiary/aromatic N) is 1. The minimum absolute atomic E-state index is 0.0159. The van der Waals surface area contributed by atoms with Gasteiger partial charge in [-0.05, 0) is 36.3 Å². The van der Waals surface area contributed by atoms with Crippen molar-refractivity contribution in [3.63, 3.8) is 0 Å². The Morgan fingerprint density at radius 3 is 3.00 bits per heavy atom. The van der Waals surface area contributed by atoms with Crippen LogP contribution in [-0.2, 0) is 29.9 Å². The fraction of sp³-hybridized carbons (Fsp3) is 0.381. The predicted molar refractivity (Wildman–Crippen MR) is 116 cm³/mol. The fourth-order valence-corrected chi connectivity index (χ4v) is 5.67. The third-order valence-corrected chi connectivity index (χ3v) is 7.11. The van der Waals surface area contributed by atoms with E-state index in [1.165, 1.54) is 22.2 Å². The number of carbonyl (C=O) groups is 1. The number of carbonyl (C=O) groups excluding carboxylic acids is 1. The van der Waals surface area contributed by atoms with Gasteiger partial charge in [-0.25, -0.2) is 4.98 Å². The van der Waals surface area contributed by atoms with Crippen LogP contribution < -0.4 is 10.9 Å². The first kappa shape index (κ1) is 19.2. The second-order valence-electron chi connectivity index (χ2n) is 7.30. The maximum Gasteiger partial charge on any atom is 0.259 e. The van der Waals surface area contributed by atoms with Gasteiger partial charge in [0.05, 0.1) is 16.9 Å². The first-order valence-electron chi connectivity index (χ1n) is 9.52. The quantitative estimate of drug-likeness (QED) is 0.647. The molecular weight excluding hydrogens is 390 g/mol. The number of nitrogens with one attached hydrogen (secondary N) is 2. The maximum atomic E-state index is 12.6. The van der Waals surface area contributed by atoms with Crippen LogP contribution in [0.3, 0.4) is 0 Å². The Hall–Kier alpha value is -2.12. The number of aryl methyl sites for hydroxylation is 1. The van der Waals surface area contributed by atoms with Gasteiger partial charge in [-0.3, -0.25) is 9.59 Å². The van der Waals surface area contributed by atoms with Crippen LogP contribution in [0.4, 0.5) is 0 Å². The molecule has 0 fully saturated rings. The van der Waals surface area contributed by atoms with Gasteiger partial charge in [0.2, 0.25) is 5.91 Å². The van der Waals surface area contributed by atoms with Crippen LogP contribution >= 0.6 is 23.1 Å². The van der Waals surface area contributed by atoms with Crippen molar-refractivity contribution in [1.29, 1.82) is 0 Å². The Bertz CT molecular complexity index is 1040. The summed E-state index contributed by atoms with van der Waals surface area (Å²) in [5.74, 6) is 2.16. The monoisotopic (exact) mass is 413 g/mol. The van der Waals surface area contributed by atoms with Gasteiger partial charge in [0.25, 0.3) is 5.56 Å². The maximum absolute atomic E-state index is 12.6. The molecule has 0 bridgehead atoms. The summed E-state index contributed by atoms with van der Waals surface area (Å²) in [4.78, 5) is 34.4. The molecule has 2 aromatic heterocycles. The summed E-state index contributed by atoms with van der Waals surface area (Å²) in [7, 11) is 0. The van der Waals surface area contributed by atoms with Crippen molar-refractivity contribution < 1.29 is 4.79 Å². The number of fused-ring (bicyclic) bond motifs is 3. The summed E-state index contributed by atoms with van der Waals surface area (Å²) in [6.45, 7) is 2.79. The highest BCUT2D eigenvalue weighted by molar-refractivity contribution is 7.99. The molecule has 4 rings (SSSR count). The highest BCUT2D eigenvalue weighted by atomic mass is 32.2. The Morgan fingerprint density at radius 2 is 2.18 bits per heavy atom. The van der Waals surface area contributed by atoms with Crippen molar-refractivity contribution in [3.8, 4) is 0 Å². The van der Waals surface area contributed by atoms with E-state index >= 15 is 0 Å². The number of hydrogen-bond acceptors (Lipinski definition) is 5. The lowest BCUT2D eigenvalue weighted by atomic mass is 9.89. The number of aromatic nitrogens is 2. The van der Waals surface area contributed by atoms with Gasteiger partial charge in [0, 0.05) is 11.4 Å². The van der Waals surface area contributed by atoms with E-state index in [0.717, 1.165) is 35.0 Å². The lowest BCUT2D eigenvalue weighted by molar-refractivity contribution is -0.118. The number of aromatic amines is 1. The SMILES string of the molecule is C[C@@H]1CCc2c(sc3nc(CSCC(=O)NCc4ccccc4)[nH]c(=O)c23)C1. The van der Waals surface area contributed by atoms with Gasteiger partial charge in [-0.1, -0.05) is 37.3 Å². The zero-order valence-electron chi connectivity index (χ0n) is 15.8. The Balaban J connectivity index is 1.36. The first-order chi connectivity index (χ1) is 13.6. The number of amides is 1. The first-order valence-corrected chi connectivity index (χ1v) is 11.5. The lowest BCUT2D eigenvalue weighted by Crippen LogP contribution is -2.24. The van der Waals surface area contributed by atoms with Gasteiger partial charge in [-0.15, -0.1) is 23.1 Å². The molecule has 0 spiro atoms. The summed E-state index contributed by atoms with van der Waals surface area (Å²) in [5.41, 5.74) is 2.24. The number of H-pyrrole nitrogens is 1. The van der Waals surface area contributed by atoms with Crippen LogP contribution in [0.1, 0.15) is 35.2 Å². The topological polar surface area (TPSA) is 74.8 Å². The van der Waals surface area contributed by atoms with Crippen molar-refractivity contribution in [1.82, 2.24) is 15.3 Å². The summed E-state index contributed by atoms with van der Waals surface area (Å²) >= 11 is 3.12. The molecule has 1 aromatic carbocycles. The Kier molecular flexibility index (Phi) is 5.82. The molecule has 7 heteroatoms. The normalized spacial score (nSPS) is 16.1. The number of rotatable bonds is 6. The van der Waals surface area contributed by atoms with Crippen molar-refractivity contribution >= 4 is 39.2 Å². The zero-order chi connectivity index (χ0) is 19.5. The van der Waals surface area contributed by atoms with Crippen molar-refractivity contribution in [2.45, 2.75) is 38.5 Å². The molecule has 5 nitrogen and oxygen atoms in total. The van der Waals surface area contributed by atoms with E-state index in [2.05, 4.69) is 22.2 Å². The smallest absolute Gasteiger partial charge is 0.259 e. The van der Waals surface area contributed by atoms with Crippen LogP contribution in [0, 0.1) is 5.92 Å². The number of hydrogen-bond donors (Lipinski definition) is 2. The minimum atomic E-state index is -0.0406. The molecule has 146 valence electrons.